The number of thiophene rings is 1. The quantitative estimate of drug-likeness (QED) is 0.909. The van der Waals surface area contributed by atoms with E-state index in [9.17, 15) is 0 Å². The van der Waals surface area contributed by atoms with Crippen LogP contribution >= 0.6 is 11.3 Å². The third-order valence-electron chi connectivity index (χ3n) is 3.98. The third-order valence-corrected chi connectivity index (χ3v) is 4.96. The van der Waals surface area contributed by atoms with Gasteiger partial charge in [-0.2, -0.15) is 5.10 Å². The van der Waals surface area contributed by atoms with Crippen molar-refractivity contribution >= 4 is 17.2 Å². The van der Waals surface area contributed by atoms with Crippen LogP contribution in [-0.4, -0.2) is 22.9 Å². The molecule has 0 aromatic carbocycles. The van der Waals surface area contributed by atoms with E-state index in [-0.39, 0.29) is 0 Å². The topological polar surface area (TPSA) is 41.9 Å². The van der Waals surface area contributed by atoms with Gasteiger partial charge < -0.3 is 10.6 Å². The summed E-state index contributed by atoms with van der Waals surface area (Å²) >= 11 is 1.88. The predicted molar refractivity (Wildman–Crippen MR) is 84.4 cm³/mol. The predicted octanol–water partition coefficient (Wildman–Crippen LogP) is 2.95. The number of rotatable bonds is 4. The number of hydrogen-bond donors (Lipinski definition) is 2. The molecule has 1 aliphatic rings. The Morgan fingerprint density at radius 2 is 2.40 bits per heavy atom. The van der Waals surface area contributed by atoms with Gasteiger partial charge in [-0.05, 0) is 32.4 Å². The number of aryl methyl sites for hydroxylation is 2. The van der Waals surface area contributed by atoms with Crippen molar-refractivity contribution in [1.29, 1.82) is 0 Å². The monoisotopic (exact) mass is 290 g/mol. The average molecular weight is 290 g/mol. The van der Waals surface area contributed by atoms with E-state index < -0.39 is 0 Å². The number of anilines is 1. The fourth-order valence-electron chi connectivity index (χ4n) is 2.86. The largest absolute Gasteiger partial charge is 0.370 e. The average Bonchev–Trinajstić information content (AvgIpc) is 3.01. The number of nitrogens with zero attached hydrogens (tertiary/aromatic N) is 2. The van der Waals surface area contributed by atoms with Crippen molar-refractivity contribution in [3.8, 4) is 0 Å². The van der Waals surface area contributed by atoms with Gasteiger partial charge in [-0.1, -0.05) is 0 Å². The molecule has 108 valence electrons. The number of hydrogen-bond acceptors (Lipinski definition) is 4. The molecule has 0 saturated heterocycles. The second kappa shape index (κ2) is 5.58. The molecule has 0 bridgehead atoms. The van der Waals surface area contributed by atoms with E-state index in [1.54, 1.807) is 0 Å². The van der Waals surface area contributed by atoms with Gasteiger partial charge in [-0.15, -0.1) is 11.3 Å². The Labute approximate surface area is 124 Å². The smallest absolute Gasteiger partial charge is 0.124 e. The zero-order valence-corrected chi connectivity index (χ0v) is 13.1. The Hall–Kier alpha value is -1.33. The van der Waals surface area contributed by atoms with Gasteiger partial charge in [-0.25, -0.2) is 4.68 Å². The highest BCUT2D eigenvalue weighted by Crippen LogP contribution is 2.26. The van der Waals surface area contributed by atoms with Crippen LogP contribution in [0.15, 0.2) is 18.3 Å². The standard InChI is InChI=1S/C15H22N4S/c1-10-6-14(12(3)20-10)11(2)16-7-13-8-17-15-4-5-18-19(15)9-13/h4-6,11,13,16-17H,7-9H2,1-3H3/t11-,13-/m1/s1. The summed E-state index contributed by atoms with van der Waals surface area (Å²) in [6.45, 7) is 9.68. The summed E-state index contributed by atoms with van der Waals surface area (Å²) in [6, 6.07) is 4.76. The number of fused-ring (bicyclic) bond motifs is 1. The maximum atomic E-state index is 4.34. The lowest BCUT2D eigenvalue weighted by Crippen LogP contribution is -2.36. The lowest BCUT2D eigenvalue weighted by molar-refractivity contribution is 0.376. The summed E-state index contributed by atoms with van der Waals surface area (Å²) in [5, 5.41) is 11.4. The molecule has 3 heterocycles. The molecule has 0 saturated carbocycles. The van der Waals surface area contributed by atoms with Crippen LogP contribution in [0, 0.1) is 19.8 Å². The lowest BCUT2D eigenvalue weighted by Gasteiger charge is -2.26. The van der Waals surface area contributed by atoms with Gasteiger partial charge in [0.2, 0.25) is 0 Å². The van der Waals surface area contributed by atoms with Crippen LogP contribution < -0.4 is 10.6 Å². The summed E-state index contributed by atoms with van der Waals surface area (Å²) in [5.41, 5.74) is 1.44. The zero-order chi connectivity index (χ0) is 14.1. The van der Waals surface area contributed by atoms with E-state index in [2.05, 4.69) is 47.3 Å². The molecular weight excluding hydrogens is 268 g/mol. The first-order chi connectivity index (χ1) is 9.63. The summed E-state index contributed by atoms with van der Waals surface area (Å²) < 4.78 is 2.06. The Morgan fingerprint density at radius 3 is 3.15 bits per heavy atom. The van der Waals surface area contributed by atoms with Gasteiger partial charge >= 0.3 is 0 Å². The molecule has 2 aromatic rings. The molecule has 0 radical (unpaired) electrons. The van der Waals surface area contributed by atoms with Crippen molar-refractivity contribution in [3.63, 3.8) is 0 Å². The molecule has 0 amide bonds. The van der Waals surface area contributed by atoms with Crippen molar-refractivity contribution in [2.45, 2.75) is 33.4 Å². The highest BCUT2D eigenvalue weighted by molar-refractivity contribution is 7.12. The van der Waals surface area contributed by atoms with Crippen LogP contribution in [0.25, 0.3) is 0 Å². The third kappa shape index (κ3) is 2.74. The molecule has 1 aliphatic heterocycles. The summed E-state index contributed by atoms with van der Waals surface area (Å²) in [4.78, 5) is 2.82. The maximum absolute atomic E-state index is 4.34. The fraction of sp³-hybridized carbons (Fsp3) is 0.533. The fourth-order valence-corrected chi connectivity index (χ4v) is 3.88. The molecule has 2 aromatic heterocycles. The number of nitrogens with one attached hydrogen (secondary N) is 2. The molecule has 2 N–H and O–H groups in total. The van der Waals surface area contributed by atoms with Gasteiger partial charge in [0.25, 0.3) is 0 Å². The first-order valence-electron chi connectivity index (χ1n) is 7.19. The SMILES string of the molecule is Cc1cc([C@@H](C)NC[C@@H]2CNc3ccnn3C2)c(C)s1. The van der Waals surface area contributed by atoms with Gasteiger partial charge in [-0.3, -0.25) is 0 Å². The van der Waals surface area contributed by atoms with Crippen LogP contribution in [0.5, 0.6) is 0 Å². The van der Waals surface area contributed by atoms with Gasteiger partial charge in [0.05, 0.1) is 6.20 Å². The van der Waals surface area contributed by atoms with Gasteiger partial charge in [0, 0.05) is 47.4 Å². The Kier molecular flexibility index (Phi) is 3.81. The summed E-state index contributed by atoms with van der Waals surface area (Å²) in [5.74, 6) is 1.73. The highest BCUT2D eigenvalue weighted by atomic mass is 32.1. The van der Waals surface area contributed by atoms with Crippen molar-refractivity contribution in [3.05, 3.63) is 33.6 Å². The van der Waals surface area contributed by atoms with E-state index in [1.165, 1.54) is 15.3 Å². The Morgan fingerprint density at radius 1 is 1.55 bits per heavy atom. The molecule has 4 nitrogen and oxygen atoms in total. The molecule has 2 atom stereocenters. The highest BCUT2D eigenvalue weighted by Gasteiger charge is 2.19. The van der Waals surface area contributed by atoms with Gasteiger partial charge in [0.15, 0.2) is 0 Å². The van der Waals surface area contributed by atoms with Crippen molar-refractivity contribution in [2.24, 2.45) is 5.92 Å². The van der Waals surface area contributed by atoms with E-state index in [4.69, 9.17) is 0 Å². The van der Waals surface area contributed by atoms with Crippen molar-refractivity contribution in [2.75, 3.05) is 18.4 Å². The second-order valence-corrected chi connectivity index (χ2v) is 7.10. The van der Waals surface area contributed by atoms with E-state index >= 15 is 0 Å². The Bertz CT molecular complexity index is 586. The van der Waals surface area contributed by atoms with E-state index in [0.29, 0.717) is 12.0 Å². The molecule has 3 rings (SSSR count). The summed E-state index contributed by atoms with van der Waals surface area (Å²) in [7, 11) is 0. The van der Waals surface area contributed by atoms with E-state index in [1.807, 2.05) is 23.6 Å². The first kappa shape index (κ1) is 13.6. The van der Waals surface area contributed by atoms with Crippen LogP contribution in [0.2, 0.25) is 0 Å². The van der Waals surface area contributed by atoms with E-state index in [0.717, 1.165) is 25.5 Å². The minimum absolute atomic E-state index is 0.416. The number of aromatic nitrogens is 2. The molecule has 0 spiro atoms. The van der Waals surface area contributed by atoms with Crippen molar-refractivity contribution in [1.82, 2.24) is 15.1 Å². The van der Waals surface area contributed by atoms with Crippen LogP contribution in [0.4, 0.5) is 5.82 Å². The molecule has 20 heavy (non-hydrogen) atoms. The van der Waals surface area contributed by atoms with Crippen molar-refractivity contribution < 1.29 is 0 Å². The summed E-state index contributed by atoms with van der Waals surface area (Å²) in [6.07, 6.45) is 1.86. The molecular formula is C15H22N4S. The normalized spacial score (nSPS) is 19.4. The zero-order valence-electron chi connectivity index (χ0n) is 12.3. The Balaban J connectivity index is 1.56. The lowest BCUT2D eigenvalue weighted by atomic mass is 10.1. The molecule has 0 unspecified atom stereocenters. The van der Waals surface area contributed by atoms with Crippen LogP contribution in [0.3, 0.4) is 0 Å². The second-order valence-electron chi connectivity index (χ2n) is 5.64. The van der Waals surface area contributed by atoms with Gasteiger partial charge in [0.1, 0.15) is 5.82 Å². The molecule has 0 fully saturated rings. The van der Waals surface area contributed by atoms with Crippen LogP contribution in [0.1, 0.15) is 28.3 Å². The minimum Gasteiger partial charge on any atom is -0.370 e. The maximum Gasteiger partial charge on any atom is 0.124 e. The molecule has 0 aliphatic carbocycles. The minimum atomic E-state index is 0.416. The van der Waals surface area contributed by atoms with Crippen LogP contribution in [-0.2, 0) is 6.54 Å². The first-order valence-corrected chi connectivity index (χ1v) is 8.01. The molecule has 5 heteroatoms.